The molecule has 0 aliphatic carbocycles. The topological polar surface area (TPSA) is 69.9 Å². The van der Waals surface area contributed by atoms with Crippen molar-refractivity contribution in [1.29, 1.82) is 0 Å². The number of ether oxygens (including phenoxy) is 1. The standard InChI is InChI=1S/C25H26F2N4O3/c1-3-28-23-14-33-22-10-16(6-7-21(22)30(23)2)9-17-5-4-8-31-24(17)29-34-25(31,15-32)18-11-19(26)13-20(27)12-18/h6-7,9-13,32H,3-5,8,14-15H2,1-2H3/b17-9+,28-23?. The Kier molecular flexibility index (Phi) is 5.73. The van der Waals surface area contributed by atoms with Gasteiger partial charge in [0.2, 0.25) is 0 Å². The highest BCUT2D eigenvalue weighted by Crippen LogP contribution is 2.41. The fourth-order valence-electron chi connectivity index (χ4n) is 4.70. The van der Waals surface area contributed by atoms with E-state index in [1.807, 2.05) is 43.1 Å². The van der Waals surface area contributed by atoms with Crippen molar-refractivity contribution in [3.8, 4) is 5.75 Å². The number of aliphatic hydroxyl groups is 1. The maximum absolute atomic E-state index is 13.9. The number of aliphatic hydroxyl groups excluding tert-OH is 1. The molecule has 5 rings (SSSR count). The first-order valence-electron chi connectivity index (χ1n) is 11.3. The summed E-state index contributed by atoms with van der Waals surface area (Å²) in [5, 5.41) is 14.5. The number of benzene rings is 2. The Hall–Kier alpha value is -3.46. The fraction of sp³-hybridized carbons (Fsp3) is 0.360. The number of hydrogen-bond acceptors (Lipinski definition) is 6. The van der Waals surface area contributed by atoms with Gasteiger partial charge in [0.1, 0.15) is 36.4 Å². The van der Waals surface area contributed by atoms with Crippen molar-refractivity contribution in [2.45, 2.75) is 25.5 Å². The Morgan fingerprint density at radius 1 is 1.21 bits per heavy atom. The molecule has 2 aromatic rings. The number of halogens is 2. The Labute approximate surface area is 196 Å². The van der Waals surface area contributed by atoms with Crippen molar-refractivity contribution in [2.24, 2.45) is 10.1 Å². The summed E-state index contributed by atoms with van der Waals surface area (Å²) < 4.78 is 33.8. The number of anilines is 1. The third kappa shape index (κ3) is 3.69. The molecular weight excluding hydrogens is 442 g/mol. The quantitative estimate of drug-likeness (QED) is 0.738. The summed E-state index contributed by atoms with van der Waals surface area (Å²) >= 11 is 0. The van der Waals surface area contributed by atoms with Gasteiger partial charge in [0, 0.05) is 31.8 Å². The average Bonchev–Trinajstić information content (AvgIpc) is 3.21. The molecule has 1 saturated heterocycles. The summed E-state index contributed by atoms with van der Waals surface area (Å²) in [6.45, 7) is 3.13. The number of hydrogen-bond donors (Lipinski definition) is 1. The molecule has 2 aromatic carbocycles. The number of rotatable bonds is 4. The molecule has 1 fully saturated rings. The van der Waals surface area contributed by atoms with Gasteiger partial charge in [-0.25, -0.2) is 8.78 Å². The van der Waals surface area contributed by atoms with Crippen molar-refractivity contribution in [2.75, 3.05) is 38.3 Å². The molecule has 3 aliphatic heterocycles. The third-order valence-electron chi connectivity index (χ3n) is 6.39. The van der Waals surface area contributed by atoms with Crippen molar-refractivity contribution >= 4 is 23.4 Å². The zero-order valence-corrected chi connectivity index (χ0v) is 19.1. The second-order valence-corrected chi connectivity index (χ2v) is 8.50. The van der Waals surface area contributed by atoms with Crippen LogP contribution in [-0.4, -0.2) is 55.0 Å². The SMILES string of the molecule is CCN=C1COc2cc(/C=C3\CCCN4C3=NOC4(CO)c3cc(F)cc(F)c3)ccc2N1C. The smallest absolute Gasteiger partial charge is 0.260 e. The van der Waals surface area contributed by atoms with E-state index in [0.29, 0.717) is 25.5 Å². The summed E-state index contributed by atoms with van der Waals surface area (Å²) in [6, 6.07) is 9.09. The van der Waals surface area contributed by atoms with E-state index in [2.05, 4.69) is 10.1 Å². The van der Waals surface area contributed by atoms with Crippen LogP contribution in [0.25, 0.3) is 6.08 Å². The molecule has 1 unspecified atom stereocenters. The molecule has 0 saturated carbocycles. The van der Waals surface area contributed by atoms with Crippen molar-refractivity contribution < 1.29 is 23.5 Å². The van der Waals surface area contributed by atoms with Crippen LogP contribution in [-0.2, 0) is 10.6 Å². The first-order valence-corrected chi connectivity index (χ1v) is 11.3. The molecule has 178 valence electrons. The van der Waals surface area contributed by atoms with Gasteiger partial charge < -0.3 is 24.5 Å². The normalized spacial score (nSPS) is 24.0. The van der Waals surface area contributed by atoms with Crippen LogP contribution in [0.2, 0.25) is 0 Å². The van der Waals surface area contributed by atoms with Crippen LogP contribution in [0.5, 0.6) is 5.75 Å². The van der Waals surface area contributed by atoms with Gasteiger partial charge in [0.25, 0.3) is 5.72 Å². The summed E-state index contributed by atoms with van der Waals surface area (Å²) in [5.74, 6) is 0.732. The molecule has 0 spiro atoms. The van der Waals surface area contributed by atoms with Crippen molar-refractivity contribution in [3.05, 3.63) is 64.7 Å². The molecule has 3 aliphatic rings. The van der Waals surface area contributed by atoms with Crippen LogP contribution in [0.15, 0.2) is 52.1 Å². The lowest BCUT2D eigenvalue weighted by Crippen LogP contribution is -2.51. The molecule has 9 heteroatoms. The van der Waals surface area contributed by atoms with Crippen LogP contribution in [0.3, 0.4) is 0 Å². The molecule has 1 atom stereocenters. The summed E-state index contributed by atoms with van der Waals surface area (Å²) in [4.78, 5) is 14.0. The Morgan fingerprint density at radius 2 is 2.00 bits per heavy atom. The van der Waals surface area contributed by atoms with Crippen molar-refractivity contribution in [1.82, 2.24) is 4.90 Å². The molecule has 0 radical (unpaired) electrons. The van der Waals surface area contributed by atoms with Gasteiger partial charge in [0.15, 0.2) is 5.84 Å². The number of nitrogens with zero attached hydrogens (tertiary/aromatic N) is 4. The van der Waals surface area contributed by atoms with E-state index < -0.39 is 24.0 Å². The van der Waals surface area contributed by atoms with Gasteiger partial charge in [-0.05, 0) is 61.2 Å². The maximum atomic E-state index is 13.9. The number of likely N-dealkylation sites (N-methyl/N-ethyl adjacent to an activating group) is 1. The lowest BCUT2D eigenvalue weighted by atomic mass is 9.94. The minimum Gasteiger partial charge on any atom is -0.483 e. The van der Waals surface area contributed by atoms with E-state index in [0.717, 1.165) is 47.3 Å². The predicted octanol–water partition coefficient (Wildman–Crippen LogP) is 3.88. The van der Waals surface area contributed by atoms with Gasteiger partial charge in [0.05, 0.1) is 5.69 Å². The number of amidine groups is 2. The second-order valence-electron chi connectivity index (χ2n) is 8.50. The highest BCUT2D eigenvalue weighted by molar-refractivity contribution is 6.04. The van der Waals surface area contributed by atoms with Gasteiger partial charge in [-0.3, -0.25) is 4.99 Å². The number of oxime groups is 1. The molecule has 0 amide bonds. The van der Waals surface area contributed by atoms with Gasteiger partial charge in [-0.2, -0.15) is 0 Å². The average molecular weight is 469 g/mol. The van der Waals surface area contributed by atoms with E-state index in [1.165, 1.54) is 12.1 Å². The zero-order chi connectivity index (χ0) is 23.9. The monoisotopic (exact) mass is 468 g/mol. The van der Waals surface area contributed by atoms with Crippen LogP contribution in [0, 0.1) is 11.6 Å². The molecular formula is C25H26F2N4O3. The number of aliphatic imine (C=N–C) groups is 1. The zero-order valence-electron chi connectivity index (χ0n) is 19.1. The Bertz CT molecular complexity index is 1190. The van der Waals surface area contributed by atoms with E-state index in [1.54, 1.807) is 4.90 Å². The Morgan fingerprint density at radius 3 is 2.74 bits per heavy atom. The molecule has 0 aromatic heterocycles. The molecule has 1 N–H and O–H groups in total. The third-order valence-corrected chi connectivity index (χ3v) is 6.39. The summed E-state index contributed by atoms with van der Waals surface area (Å²) in [5.41, 5.74) is 1.51. The lowest BCUT2D eigenvalue weighted by molar-refractivity contribution is -0.137. The number of fused-ring (bicyclic) bond motifs is 2. The lowest BCUT2D eigenvalue weighted by Gasteiger charge is -2.38. The molecule has 7 nitrogen and oxygen atoms in total. The minimum atomic E-state index is -1.46. The van der Waals surface area contributed by atoms with Crippen LogP contribution >= 0.6 is 0 Å². The fourth-order valence-corrected chi connectivity index (χ4v) is 4.70. The molecule has 0 bridgehead atoms. The first-order chi connectivity index (χ1) is 16.4. The Balaban J connectivity index is 1.46. The maximum Gasteiger partial charge on any atom is 0.260 e. The van der Waals surface area contributed by atoms with E-state index in [9.17, 15) is 13.9 Å². The van der Waals surface area contributed by atoms with E-state index in [-0.39, 0.29) is 5.56 Å². The molecule has 34 heavy (non-hydrogen) atoms. The van der Waals surface area contributed by atoms with Gasteiger partial charge >= 0.3 is 0 Å². The molecule has 3 heterocycles. The second kappa shape index (κ2) is 8.72. The largest absolute Gasteiger partial charge is 0.483 e. The predicted molar refractivity (Wildman–Crippen MR) is 126 cm³/mol. The van der Waals surface area contributed by atoms with Gasteiger partial charge in [-0.15, -0.1) is 0 Å². The van der Waals surface area contributed by atoms with Crippen LogP contribution < -0.4 is 9.64 Å². The van der Waals surface area contributed by atoms with Gasteiger partial charge in [-0.1, -0.05) is 11.2 Å². The van der Waals surface area contributed by atoms with E-state index >= 15 is 0 Å². The number of piperidine rings is 1. The van der Waals surface area contributed by atoms with Crippen molar-refractivity contribution in [3.63, 3.8) is 0 Å². The van der Waals surface area contributed by atoms with E-state index in [4.69, 9.17) is 9.57 Å². The van der Waals surface area contributed by atoms with Crippen LogP contribution in [0.1, 0.15) is 30.9 Å². The van der Waals surface area contributed by atoms with Crippen LogP contribution in [0.4, 0.5) is 14.5 Å². The highest BCUT2D eigenvalue weighted by atomic mass is 19.1. The summed E-state index contributed by atoms with van der Waals surface area (Å²) in [6.07, 6.45) is 3.53. The highest BCUT2D eigenvalue weighted by Gasteiger charge is 2.49. The first kappa shape index (κ1) is 22.3. The minimum absolute atomic E-state index is 0.183. The summed E-state index contributed by atoms with van der Waals surface area (Å²) in [7, 11) is 1.97.